The van der Waals surface area contributed by atoms with Crippen molar-refractivity contribution >= 4 is 29.1 Å². The zero-order valence-electron chi connectivity index (χ0n) is 9.23. The quantitative estimate of drug-likeness (QED) is 0.881. The number of hydrogen-bond acceptors (Lipinski definition) is 3. The summed E-state index contributed by atoms with van der Waals surface area (Å²) in [5.74, 6) is -0.298. The SMILES string of the molecule is O=C(NCc1cccnc1)c1cc(Cl)ncc1Cl. The van der Waals surface area contributed by atoms with Gasteiger partial charge in [0.1, 0.15) is 5.15 Å². The van der Waals surface area contributed by atoms with E-state index in [4.69, 9.17) is 23.2 Å². The second-order valence-electron chi connectivity index (χ2n) is 3.53. The summed E-state index contributed by atoms with van der Waals surface area (Å²) in [5.41, 5.74) is 1.21. The van der Waals surface area contributed by atoms with Gasteiger partial charge in [0, 0.05) is 25.1 Å². The molecule has 0 spiro atoms. The Labute approximate surface area is 114 Å². The molecule has 0 fully saturated rings. The van der Waals surface area contributed by atoms with E-state index in [9.17, 15) is 4.79 Å². The van der Waals surface area contributed by atoms with Crippen LogP contribution in [-0.4, -0.2) is 15.9 Å². The summed E-state index contributed by atoms with van der Waals surface area (Å²) < 4.78 is 0. The van der Waals surface area contributed by atoms with Crippen LogP contribution in [0.5, 0.6) is 0 Å². The molecule has 4 nitrogen and oxygen atoms in total. The molecule has 1 amide bonds. The van der Waals surface area contributed by atoms with Crippen LogP contribution in [-0.2, 0) is 6.54 Å². The molecule has 0 aliphatic heterocycles. The van der Waals surface area contributed by atoms with E-state index in [0.29, 0.717) is 12.1 Å². The molecule has 0 aliphatic rings. The van der Waals surface area contributed by atoms with Crippen molar-refractivity contribution in [3.63, 3.8) is 0 Å². The van der Waals surface area contributed by atoms with E-state index in [0.717, 1.165) is 5.56 Å². The highest BCUT2D eigenvalue weighted by Crippen LogP contribution is 2.17. The van der Waals surface area contributed by atoms with E-state index < -0.39 is 0 Å². The molecule has 0 saturated carbocycles. The lowest BCUT2D eigenvalue weighted by molar-refractivity contribution is 0.0951. The summed E-state index contributed by atoms with van der Waals surface area (Å²) in [6, 6.07) is 5.11. The van der Waals surface area contributed by atoms with Crippen molar-refractivity contribution < 1.29 is 4.79 Å². The standard InChI is InChI=1S/C12H9Cl2N3O/c13-10-7-16-11(14)4-9(10)12(18)17-6-8-2-1-3-15-5-8/h1-5,7H,6H2,(H,17,18). The van der Waals surface area contributed by atoms with E-state index in [2.05, 4.69) is 15.3 Å². The fraction of sp³-hybridized carbons (Fsp3) is 0.0833. The molecule has 0 aromatic carbocycles. The van der Waals surface area contributed by atoms with Gasteiger partial charge >= 0.3 is 0 Å². The Bertz CT molecular complexity index is 561. The number of hydrogen-bond donors (Lipinski definition) is 1. The largest absolute Gasteiger partial charge is 0.348 e. The van der Waals surface area contributed by atoms with Gasteiger partial charge in [-0.3, -0.25) is 9.78 Å². The molecular weight excluding hydrogens is 273 g/mol. The highest BCUT2D eigenvalue weighted by molar-refractivity contribution is 6.35. The molecule has 18 heavy (non-hydrogen) atoms. The lowest BCUT2D eigenvalue weighted by Crippen LogP contribution is -2.23. The average Bonchev–Trinajstić information content (AvgIpc) is 2.40. The van der Waals surface area contributed by atoms with Crippen molar-refractivity contribution in [2.75, 3.05) is 0 Å². The van der Waals surface area contributed by atoms with E-state index >= 15 is 0 Å². The van der Waals surface area contributed by atoms with Gasteiger partial charge in [-0.15, -0.1) is 0 Å². The van der Waals surface area contributed by atoms with Gasteiger partial charge < -0.3 is 5.32 Å². The Morgan fingerprint density at radius 3 is 2.89 bits per heavy atom. The number of halogens is 2. The monoisotopic (exact) mass is 281 g/mol. The first-order valence-corrected chi connectivity index (χ1v) is 5.90. The number of pyridine rings is 2. The molecule has 2 aromatic rings. The van der Waals surface area contributed by atoms with E-state index in [-0.39, 0.29) is 16.1 Å². The topological polar surface area (TPSA) is 54.9 Å². The van der Waals surface area contributed by atoms with E-state index in [1.54, 1.807) is 18.5 Å². The molecule has 92 valence electrons. The van der Waals surface area contributed by atoms with Gasteiger partial charge in [0.2, 0.25) is 0 Å². The number of carbonyl (C=O) groups excluding carboxylic acids is 1. The highest BCUT2D eigenvalue weighted by Gasteiger charge is 2.11. The fourth-order valence-corrected chi connectivity index (χ4v) is 1.71. The van der Waals surface area contributed by atoms with Crippen LogP contribution in [0.3, 0.4) is 0 Å². The summed E-state index contributed by atoms with van der Waals surface area (Å²) in [4.78, 5) is 19.6. The van der Waals surface area contributed by atoms with Crippen LogP contribution < -0.4 is 5.32 Å². The first-order valence-electron chi connectivity index (χ1n) is 5.15. The van der Waals surface area contributed by atoms with Gasteiger partial charge in [0.25, 0.3) is 5.91 Å². The van der Waals surface area contributed by atoms with Gasteiger partial charge in [0.05, 0.1) is 10.6 Å². The fourth-order valence-electron chi connectivity index (χ4n) is 1.37. The summed E-state index contributed by atoms with van der Waals surface area (Å²) in [6.45, 7) is 0.378. The molecule has 2 aromatic heterocycles. The Kier molecular flexibility index (Phi) is 4.12. The lowest BCUT2D eigenvalue weighted by Gasteiger charge is -2.06. The third-order valence-electron chi connectivity index (χ3n) is 2.24. The average molecular weight is 282 g/mol. The molecule has 0 atom stereocenters. The molecule has 0 bridgehead atoms. The highest BCUT2D eigenvalue weighted by atomic mass is 35.5. The Morgan fingerprint density at radius 1 is 1.33 bits per heavy atom. The van der Waals surface area contributed by atoms with Crippen molar-refractivity contribution in [2.24, 2.45) is 0 Å². The maximum absolute atomic E-state index is 11.9. The molecule has 6 heteroatoms. The van der Waals surface area contributed by atoms with E-state index in [1.165, 1.54) is 12.3 Å². The van der Waals surface area contributed by atoms with E-state index in [1.807, 2.05) is 6.07 Å². The summed E-state index contributed by atoms with van der Waals surface area (Å²) >= 11 is 11.6. The number of nitrogens with zero attached hydrogens (tertiary/aromatic N) is 2. The number of aromatic nitrogens is 2. The molecule has 0 saturated heterocycles. The third-order valence-corrected chi connectivity index (χ3v) is 2.75. The maximum Gasteiger partial charge on any atom is 0.253 e. The number of rotatable bonds is 3. The number of amides is 1. The predicted octanol–water partition coefficient (Wildman–Crippen LogP) is 2.71. The van der Waals surface area contributed by atoms with Crippen molar-refractivity contribution in [1.29, 1.82) is 0 Å². The van der Waals surface area contributed by atoms with Crippen LogP contribution in [0.2, 0.25) is 10.2 Å². The molecular formula is C12H9Cl2N3O. The number of carbonyl (C=O) groups is 1. The van der Waals surface area contributed by atoms with Crippen molar-refractivity contribution in [3.8, 4) is 0 Å². The van der Waals surface area contributed by atoms with Gasteiger partial charge in [-0.05, 0) is 17.7 Å². The minimum Gasteiger partial charge on any atom is -0.348 e. The van der Waals surface area contributed by atoms with Crippen molar-refractivity contribution in [1.82, 2.24) is 15.3 Å². The van der Waals surface area contributed by atoms with Gasteiger partial charge in [-0.2, -0.15) is 0 Å². The van der Waals surface area contributed by atoms with Crippen LogP contribution in [0, 0.1) is 0 Å². The molecule has 2 heterocycles. The second kappa shape index (κ2) is 5.80. The van der Waals surface area contributed by atoms with Crippen molar-refractivity contribution in [3.05, 3.63) is 58.1 Å². The normalized spacial score (nSPS) is 10.1. The van der Waals surface area contributed by atoms with Gasteiger partial charge in [0.15, 0.2) is 0 Å². The Morgan fingerprint density at radius 2 is 2.17 bits per heavy atom. The zero-order valence-corrected chi connectivity index (χ0v) is 10.7. The first-order chi connectivity index (χ1) is 8.66. The summed E-state index contributed by atoms with van der Waals surface area (Å²) in [7, 11) is 0. The summed E-state index contributed by atoms with van der Waals surface area (Å²) in [6.07, 6.45) is 4.70. The lowest BCUT2D eigenvalue weighted by atomic mass is 10.2. The molecule has 2 rings (SSSR count). The Balaban J connectivity index is 2.06. The molecule has 1 N–H and O–H groups in total. The third kappa shape index (κ3) is 3.18. The van der Waals surface area contributed by atoms with Crippen LogP contribution >= 0.6 is 23.2 Å². The molecule has 0 radical (unpaired) electrons. The minimum atomic E-state index is -0.298. The second-order valence-corrected chi connectivity index (χ2v) is 4.33. The van der Waals surface area contributed by atoms with Gasteiger partial charge in [-0.1, -0.05) is 29.3 Å². The first kappa shape index (κ1) is 12.8. The predicted molar refractivity (Wildman–Crippen MR) is 69.7 cm³/mol. The Hall–Kier alpha value is -1.65. The number of nitrogens with one attached hydrogen (secondary N) is 1. The molecule has 0 aliphatic carbocycles. The minimum absolute atomic E-state index is 0.228. The van der Waals surface area contributed by atoms with Crippen LogP contribution in [0.1, 0.15) is 15.9 Å². The van der Waals surface area contributed by atoms with Crippen molar-refractivity contribution in [2.45, 2.75) is 6.54 Å². The van der Waals surface area contributed by atoms with Gasteiger partial charge in [-0.25, -0.2) is 4.98 Å². The molecule has 0 unspecified atom stereocenters. The van der Waals surface area contributed by atoms with Crippen LogP contribution in [0.4, 0.5) is 0 Å². The smallest absolute Gasteiger partial charge is 0.253 e. The van der Waals surface area contributed by atoms with Crippen LogP contribution in [0.15, 0.2) is 36.8 Å². The maximum atomic E-state index is 11.9. The van der Waals surface area contributed by atoms with Crippen LogP contribution in [0.25, 0.3) is 0 Å². The zero-order chi connectivity index (χ0) is 13.0. The summed E-state index contributed by atoms with van der Waals surface area (Å²) in [5, 5.41) is 3.23.